The van der Waals surface area contributed by atoms with Crippen molar-refractivity contribution in [3.63, 3.8) is 0 Å². The third kappa shape index (κ3) is 4.95. The van der Waals surface area contributed by atoms with Gasteiger partial charge in [-0.15, -0.1) is 0 Å². The summed E-state index contributed by atoms with van der Waals surface area (Å²) in [5.74, 6) is -1.05. The number of rotatable bonds is 6. The number of aliphatic imine (C=N–C) groups is 1. The monoisotopic (exact) mass is 303 g/mol. The molecular weight excluding hydrogens is 293 g/mol. The Labute approximate surface area is 120 Å². The Balaban J connectivity index is 2.75. The molecule has 1 aromatic carbocycles. The van der Waals surface area contributed by atoms with E-state index in [9.17, 15) is 9.18 Å². The standard InChI is InChI=1S/C12H11ClFNO3S/c1-2-3-17-12(16)6-18-11-5-10(15-7-19)9(14)4-8(11)13/h4-5H,2-3,6H2,1H3. The number of carbonyl (C=O) groups is 1. The van der Waals surface area contributed by atoms with Crippen LogP contribution in [0, 0.1) is 5.82 Å². The maximum Gasteiger partial charge on any atom is 0.344 e. The number of isothiocyanates is 1. The van der Waals surface area contributed by atoms with Crippen molar-refractivity contribution in [2.75, 3.05) is 13.2 Å². The second kappa shape index (κ2) is 7.84. The molecule has 0 saturated heterocycles. The first-order chi connectivity index (χ1) is 9.08. The van der Waals surface area contributed by atoms with Gasteiger partial charge in [-0.25, -0.2) is 9.18 Å². The highest BCUT2D eigenvalue weighted by Gasteiger charge is 2.11. The first-order valence-corrected chi connectivity index (χ1v) is 6.22. The van der Waals surface area contributed by atoms with E-state index in [0.717, 1.165) is 12.5 Å². The van der Waals surface area contributed by atoms with E-state index >= 15 is 0 Å². The maximum absolute atomic E-state index is 13.4. The van der Waals surface area contributed by atoms with Crippen molar-refractivity contribution >= 4 is 40.6 Å². The molecule has 0 atom stereocenters. The zero-order valence-corrected chi connectivity index (χ0v) is 11.7. The fraction of sp³-hybridized carbons (Fsp3) is 0.333. The number of carbonyl (C=O) groups excluding carboxylic acids is 1. The van der Waals surface area contributed by atoms with Crippen molar-refractivity contribution in [3.8, 4) is 5.75 Å². The van der Waals surface area contributed by atoms with Gasteiger partial charge in [0.05, 0.1) is 16.8 Å². The van der Waals surface area contributed by atoms with Crippen LogP contribution in [0.25, 0.3) is 0 Å². The third-order valence-corrected chi connectivity index (χ3v) is 2.37. The summed E-state index contributed by atoms with van der Waals surface area (Å²) < 4.78 is 23.3. The van der Waals surface area contributed by atoms with Crippen LogP contribution in [0.5, 0.6) is 5.75 Å². The minimum absolute atomic E-state index is 0.0316. The lowest BCUT2D eigenvalue weighted by molar-refractivity contribution is -0.146. The molecular formula is C12H11ClFNO3S. The Morgan fingerprint density at radius 1 is 1.58 bits per heavy atom. The van der Waals surface area contributed by atoms with Crippen LogP contribution < -0.4 is 4.74 Å². The first kappa shape index (κ1) is 15.6. The molecule has 102 valence electrons. The minimum atomic E-state index is -0.650. The van der Waals surface area contributed by atoms with E-state index in [2.05, 4.69) is 17.2 Å². The molecule has 0 amide bonds. The van der Waals surface area contributed by atoms with Crippen LogP contribution in [0.3, 0.4) is 0 Å². The molecule has 0 aromatic heterocycles. The van der Waals surface area contributed by atoms with Crippen LogP contribution in [0.15, 0.2) is 17.1 Å². The molecule has 19 heavy (non-hydrogen) atoms. The summed E-state index contributed by atoms with van der Waals surface area (Å²) >= 11 is 10.2. The van der Waals surface area contributed by atoms with Gasteiger partial charge in [-0.05, 0) is 24.7 Å². The molecule has 0 unspecified atom stereocenters. The number of benzene rings is 1. The molecule has 0 aliphatic rings. The fourth-order valence-corrected chi connectivity index (χ4v) is 1.46. The van der Waals surface area contributed by atoms with Crippen molar-refractivity contribution in [3.05, 3.63) is 23.0 Å². The lowest BCUT2D eigenvalue weighted by atomic mass is 10.3. The Morgan fingerprint density at radius 2 is 2.32 bits per heavy atom. The molecule has 0 aliphatic heterocycles. The van der Waals surface area contributed by atoms with Gasteiger partial charge < -0.3 is 9.47 Å². The molecule has 7 heteroatoms. The van der Waals surface area contributed by atoms with Crippen LogP contribution in [-0.2, 0) is 9.53 Å². The van der Waals surface area contributed by atoms with E-state index in [1.165, 1.54) is 6.07 Å². The van der Waals surface area contributed by atoms with E-state index in [0.29, 0.717) is 6.61 Å². The number of halogens is 2. The third-order valence-electron chi connectivity index (χ3n) is 1.98. The van der Waals surface area contributed by atoms with E-state index in [1.807, 2.05) is 12.1 Å². The number of thiocarbonyl (C=S) groups is 1. The Morgan fingerprint density at radius 3 is 2.95 bits per heavy atom. The van der Waals surface area contributed by atoms with E-state index < -0.39 is 11.8 Å². The second-order valence-electron chi connectivity index (χ2n) is 3.45. The topological polar surface area (TPSA) is 47.9 Å². The highest BCUT2D eigenvalue weighted by molar-refractivity contribution is 7.78. The highest BCUT2D eigenvalue weighted by atomic mass is 35.5. The maximum atomic E-state index is 13.4. The zero-order valence-electron chi connectivity index (χ0n) is 10.1. The summed E-state index contributed by atoms with van der Waals surface area (Å²) in [6.45, 7) is 1.88. The van der Waals surface area contributed by atoms with Gasteiger partial charge in [0.1, 0.15) is 11.4 Å². The second-order valence-corrected chi connectivity index (χ2v) is 4.04. The lowest BCUT2D eigenvalue weighted by Crippen LogP contribution is -2.15. The van der Waals surface area contributed by atoms with Gasteiger partial charge in [0.2, 0.25) is 0 Å². The summed E-state index contributed by atoms with van der Waals surface area (Å²) in [5.41, 5.74) is -0.0590. The summed E-state index contributed by atoms with van der Waals surface area (Å²) in [5, 5.41) is 2.07. The predicted molar refractivity (Wildman–Crippen MR) is 72.8 cm³/mol. The first-order valence-electron chi connectivity index (χ1n) is 5.43. The quantitative estimate of drug-likeness (QED) is 0.458. The molecule has 1 aromatic rings. The van der Waals surface area contributed by atoms with Crippen LogP contribution in [-0.4, -0.2) is 24.3 Å². The van der Waals surface area contributed by atoms with Crippen molar-refractivity contribution < 1.29 is 18.7 Å². The van der Waals surface area contributed by atoms with Gasteiger partial charge >= 0.3 is 5.97 Å². The number of esters is 1. The van der Waals surface area contributed by atoms with Crippen LogP contribution in [0.1, 0.15) is 13.3 Å². The molecule has 0 radical (unpaired) electrons. The molecule has 0 saturated carbocycles. The fourth-order valence-electron chi connectivity index (χ4n) is 1.16. The van der Waals surface area contributed by atoms with Gasteiger partial charge in [0.25, 0.3) is 0 Å². The molecule has 0 N–H and O–H groups in total. The van der Waals surface area contributed by atoms with Crippen LogP contribution in [0.2, 0.25) is 5.02 Å². The average Bonchev–Trinajstić information content (AvgIpc) is 2.38. The molecule has 0 heterocycles. The molecule has 0 bridgehead atoms. The molecule has 1 rings (SSSR count). The summed E-state index contributed by atoms with van der Waals surface area (Å²) in [7, 11) is 0. The Bertz CT molecular complexity index is 518. The number of hydrogen-bond donors (Lipinski definition) is 0. The SMILES string of the molecule is CCCOC(=O)COc1cc(N=C=S)c(F)cc1Cl. The van der Waals surface area contributed by atoms with Crippen molar-refractivity contribution in [1.82, 2.24) is 0 Å². The van der Waals surface area contributed by atoms with Crippen molar-refractivity contribution in [2.45, 2.75) is 13.3 Å². The highest BCUT2D eigenvalue weighted by Crippen LogP contribution is 2.31. The average molecular weight is 304 g/mol. The molecule has 4 nitrogen and oxygen atoms in total. The lowest BCUT2D eigenvalue weighted by Gasteiger charge is -2.08. The molecule has 0 fully saturated rings. The summed E-state index contributed by atoms with van der Waals surface area (Å²) in [4.78, 5) is 14.8. The number of ether oxygens (including phenoxy) is 2. The number of hydrogen-bond acceptors (Lipinski definition) is 5. The van der Waals surface area contributed by atoms with Crippen molar-refractivity contribution in [2.24, 2.45) is 4.99 Å². The van der Waals surface area contributed by atoms with E-state index in [1.54, 1.807) is 0 Å². The van der Waals surface area contributed by atoms with Gasteiger partial charge in [-0.3, -0.25) is 0 Å². The van der Waals surface area contributed by atoms with E-state index in [4.69, 9.17) is 21.1 Å². The smallest absolute Gasteiger partial charge is 0.344 e. The van der Waals surface area contributed by atoms with Gasteiger partial charge in [0.15, 0.2) is 12.4 Å². The number of nitrogens with zero attached hydrogens (tertiary/aromatic N) is 1. The van der Waals surface area contributed by atoms with Crippen molar-refractivity contribution in [1.29, 1.82) is 0 Å². The summed E-state index contributed by atoms with van der Waals surface area (Å²) in [6, 6.07) is 2.27. The Kier molecular flexibility index (Phi) is 6.42. The molecule has 0 spiro atoms. The summed E-state index contributed by atoms with van der Waals surface area (Å²) in [6.07, 6.45) is 0.719. The zero-order chi connectivity index (χ0) is 14.3. The largest absolute Gasteiger partial charge is 0.480 e. The van der Waals surface area contributed by atoms with Gasteiger partial charge in [-0.1, -0.05) is 18.5 Å². The van der Waals surface area contributed by atoms with Crippen LogP contribution in [0.4, 0.5) is 10.1 Å². The Hall–Kier alpha value is -1.49. The predicted octanol–water partition coefficient (Wildman–Crippen LogP) is 3.55. The van der Waals surface area contributed by atoms with Gasteiger partial charge in [-0.2, -0.15) is 4.99 Å². The minimum Gasteiger partial charge on any atom is -0.480 e. The van der Waals surface area contributed by atoms with Crippen LogP contribution >= 0.6 is 23.8 Å². The van der Waals surface area contributed by atoms with E-state index in [-0.39, 0.29) is 23.1 Å². The molecule has 0 aliphatic carbocycles. The van der Waals surface area contributed by atoms with Gasteiger partial charge in [0, 0.05) is 6.07 Å². The normalized spacial score (nSPS) is 9.63.